The molecule has 0 amide bonds. The van der Waals surface area contributed by atoms with Gasteiger partial charge in [0.2, 0.25) is 0 Å². The van der Waals surface area contributed by atoms with Crippen molar-refractivity contribution in [1.82, 2.24) is 5.32 Å². The van der Waals surface area contributed by atoms with Crippen molar-refractivity contribution < 1.29 is 0 Å². The smallest absolute Gasteiger partial charge is 0.0456 e. The van der Waals surface area contributed by atoms with Crippen LogP contribution >= 0.6 is 11.6 Å². The molecule has 1 unspecified atom stereocenters. The molecule has 0 saturated heterocycles. The maximum Gasteiger partial charge on any atom is 0.0456 e. The summed E-state index contributed by atoms with van der Waals surface area (Å²) >= 11 is 6.41. The topological polar surface area (TPSA) is 12.0 Å². The molecule has 1 nitrogen and oxygen atoms in total. The van der Waals surface area contributed by atoms with Gasteiger partial charge >= 0.3 is 0 Å². The Morgan fingerprint density at radius 2 is 2.06 bits per heavy atom. The number of hydrogen-bond acceptors (Lipinski definition) is 1. The normalized spacial score (nSPS) is 18.2. The summed E-state index contributed by atoms with van der Waals surface area (Å²) in [6.07, 6.45) is 6.84. The Kier molecular flexibility index (Phi) is 5.08. The molecule has 1 aromatic carbocycles. The van der Waals surface area contributed by atoms with E-state index in [1.807, 2.05) is 0 Å². The van der Waals surface area contributed by atoms with Gasteiger partial charge in [-0.25, -0.2) is 0 Å². The lowest BCUT2D eigenvalue weighted by atomic mass is 9.93. The average molecular weight is 266 g/mol. The first kappa shape index (κ1) is 13.9. The third-order valence-electron chi connectivity index (χ3n) is 4.03. The molecule has 100 valence electrons. The second kappa shape index (κ2) is 6.58. The summed E-state index contributed by atoms with van der Waals surface area (Å²) in [6, 6.07) is 6.86. The Balaban J connectivity index is 2.12. The van der Waals surface area contributed by atoms with Crippen LogP contribution in [0, 0.1) is 12.8 Å². The Morgan fingerprint density at radius 3 is 2.67 bits per heavy atom. The first-order chi connectivity index (χ1) is 8.70. The van der Waals surface area contributed by atoms with E-state index >= 15 is 0 Å². The molecule has 0 heterocycles. The highest BCUT2D eigenvalue weighted by molar-refractivity contribution is 6.31. The maximum absolute atomic E-state index is 6.41. The van der Waals surface area contributed by atoms with E-state index in [0.717, 1.165) is 17.5 Å². The standard InChI is InChI=1S/C16H24ClN/c1-3-18-16(11-13-6-4-5-7-13)14-9-8-12(2)10-15(14)17/h8-10,13,16,18H,3-7,11H2,1-2H3. The molecule has 0 bridgehead atoms. The SMILES string of the molecule is CCNC(CC1CCCC1)c1ccc(C)cc1Cl. The molecular weight excluding hydrogens is 242 g/mol. The van der Waals surface area contributed by atoms with Gasteiger partial charge in [0.05, 0.1) is 0 Å². The van der Waals surface area contributed by atoms with Crippen LogP contribution in [0.25, 0.3) is 0 Å². The van der Waals surface area contributed by atoms with Gasteiger partial charge in [0.15, 0.2) is 0 Å². The third-order valence-corrected chi connectivity index (χ3v) is 4.35. The molecular formula is C16H24ClN. The van der Waals surface area contributed by atoms with Gasteiger partial charge in [-0.3, -0.25) is 0 Å². The lowest BCUT2D eigenvalue weighted by molar-refractivity contribution is 0.401. The molecule has 2 rings (SSSR count). The number of benzene rings is 1. The number of halogens is 1. The fourth-order valence-corrected chi connectivity index (χ4v) is 3.43. The highest BCUT2D eigenvalue weighted by Gasteiger charge is 2.22. The van der Waals surface area contributed by atoms with Gasteiger partial charge < -0.3 is 5.32 Å². The van der Waals surface area contributed by atoms with Crippen LogP contribution in [0.2, 0.25) is 5.02 Å². The van der Waals surface area contributed by atoms with Gasteiger partial charge in [0.25, 0.3) is 0 Å². The van der Waals surface area contributed by atoms with Gasteiger partial charge in [-0.1, -0.05) is 56.3 Å². The first-order valence-electron chi connectivity index (χ1n) is 7.20. The van der Waals surface area contributed by atoms with Crippen LogP contribution < -0.4 is 5.32 Å². The minimum absolute atomic E-state index is 0.422. The quantitative estimate of drug-likeness (QED) is 0.800. The molecule has 1 atom stereocenters. The second-order valence-corrected chi connectivity index (χ2v) is 5.93. The van der Waals surface area contributed by atoms with Crippen molar-refractivity contribution in [3.05, 3.63) is 34.3 Å². The Morgan fingerprint density at radius 1 is 1.33 bits per heavy atom. The molecule has 0 radical (unpaired) electrons. The maximum atomic E-state index is 6.41. The third kappa shape index (κ3) is 3.49. The largest absolute Gasteiger partial charge is 0.310 e. The van der Waals surface area contributed by atoms with Crippen LogP contribution in [0.5, 0.6) is 0 Å². The number of aryl methyl sites for hydroxylation is 1. The molecule has 1 aromatic rings. The minimum atomic E-state index is 0.422. The Labute approximate surface area is 116 Å². The van der Waals surface area contributed by atoms with Crippen LogP contribution in [-0.4, -0.2) is 6.54 Å². The summed E-state index contributed by atoms with van der Waals surface area (Å²) in [5.41, 5.74) is 2.51. The highest BCUT2D eigenvalue weighted by Crippen LogP contribution is 2.35. The Hall–Kier alpha value is -0.530. The van der Waals surface area contributed by atoms with E-state index in [1.165, 1.54) is 43.2 Å². The summed E-state index contributed by atoms with van der Waals surface area (Å²) in [6.45, 7) is 5.26. The fourth-order valence-electron chi connectivity index (χ4n) is 3.06. The molecule has 0 spiro atoms. The zero-order valence-corrected chi connectivity index (χ0v) is 12.3. The fraction of sp³-hybridized carbons (Fsp3) is 0.625. The summed E-state index contributed by atoms with van der Waals surface area (Å²) in [4.78, 5) is 0. The summed E-state index contributed by atoms with van der Waals surface area (Å²) in [5.74, 6) is 0.881. The minimum Gasteiger partial charge on any atom is -0.310 e. The zero-order chi connectivity index (χ0) is 13.0. The van der Waals surface area contributed by atoms with Gasteiger partial charge in [0, 0.05) is 11.1 Å². The molecule has 1 aliphatic carbocycles. The molecule has 1 saturated carbocycles. The van der Waals surface area contributed by atoms with Gasteiger partial charge in [-0.15, -0.1) is 0 Å². The highest BCUT2D eigenvalue weighted by atomic mass is 35.5. The van der Waals surface area contributed by atoms with E-state index in [0.29, 0.717) is 6.04 Å². The van der Waals surface area contributed by atoms with Crippen molar-refractivity contribution >= 4 is 11.6 Å². The average Bonchev–Trinajstić information content (AvgIpc) is 2.81. The second-order valence-electron chi connectivity index (χ2n) is 5.52. The van der Waals surface area contributed by atoms with E-state index < -0.39 is 0 Å². The van der Waals surface area contributed by atoms with Crippen molar-refractivity contribution in [3.63, 3.8) is 0 Å². The van der Waals surface area contributed by atoms with E-state index in [4.69, 9.17) is 11.6 Å². The van der Waals surface area contributed by atoms with Crippen LogP contribution in [0.3, 0.4) is 0 Å². The van der Waals surface area contributed by atoms with E-state index in [1.54, 1.807) is 0 Å². The molecule has 1 N–H and O–H groups in total. The molecule has 0 aliphatic heterocycles. The number of rotatable bonds is 5. The predicted molar refractivity (Wildman–Crippen MR) is 79.2 cm³/mol. The van der Waals surface area contributed by atoms with E-state index in [-0.39, 0.29) is 0 Å². The number of nitrogens with one attached hydrogen (secondary N) is 1. The monoisotopic (exact) mass is 265 g/mol. The van der Waals surface area contributed by atoms with Gasteiger partial charge in [-0.05, 0) is 43.0 Å². The molecule has 18 heavy (non-hydrogen) atoms. The molecule has 2 heteroatoms. The van der Waals surface area contributed by atoms with Gasteiger partial charge in [-0.2, -0.15) is 0 Å². The van der Waals surface area contributed by atoms with E-state index in [9.17, 15) is 0 Å². The lowest BCUT2D eigenvalue weighted by Gasteiger charge is -2.23. The molecule has 1 aliphatic rings. The summed E-state index contributed by atoms with van der Waals surface area (Å²) in [7, 11) is 0. The van der Waals surface area contributed by atoms with Crippen molar-refractivity contribution in [1.29, 1.82) is 0 Å². The molecule has 1 fully saturated rings. The van der Waals surface area contributed by atoms with Crippen molar-refractivity contribution in [2.45, 2.75) is 52.0 Å². The molecule has 0 aromatic heterocycles. The predicted octanol–water partition coefficient (Wildman–Crippen LogP) is 4.88. The van der Waals surface area contributed by atoms with Crippen LogP contribution in [0.15, 0.2) is 18.2 Å². The summed E-state index contributed by atoms with van der Waals surface area (Å²) < 4.78 is 0. The van der Waals surface area contributed by atoms with Crippen molar-refractivity contribution in [2.75, 3.05) is 6.54 Å². The number of hydrogen-bond donors (Lipinski definition) is 1. The summed E-state index contributed by atoms with van der Waals surface area (Å²) in [5, 5.41) is 4.52. The van der Waals surface area contributed by atoms with Crippen LogP contribution in [0.1, 0.15) is 56.2 Å². The van der Waals surface area contributed by atoms with Crippen molar-refractivity contribution in [2.24, 2.45) is 5.92 Å². The first-order valence-corrected chi connectivity index (χ1v) is 7.58. The van der Waals surface area contributed by atoms with Crippen molar-refractivity contribution in [3.8, 4) is 0 Å². The Bertz CT molecular complexity index is 383. The van der Waals surface area contributed by atoms with Crippen LogP contribution in [-0.2, 0) is 0 Å². The lowest BCUT2D eigenvalue weighted by Crippen LogP contribution is -2.23. The van der Waals surface area contributed by atoms with E-state index in [2.05, 4.69) is 37.4 Å². The zero-order valence-electron chi connectivity index (χ0n) is 11.5. The van der Waals surface area contributed by atoms with Crippen LogP contribution in [0.4, 0.5) is 0 Å². The van der Waals surface area contributed by atoms with Gasteiger partial charge in [0.1, 0.15) is 0 Å².